The maximum Gasteiger partial charge on any atom is 0.255 e. The van der Waals surface area contributed by atoms with Crippen LogP contribution in [0.2, 0.25) is 0 Å². The zero-order valence-corrected chi connectivity index (χ0v) is 15.2. The topological polar surface area (TPSA) is 53.0 Å². The van der Waals surface area contributed by atoms with E-state index >= 15 is 0 Å². The molecule has 0 bridgehead atoms. The molecule has 1 saturated carbocycles. The zero-order chi connectivity index (χ0) is 18.3. The molecule has 0 aromatic heterocycles. The summed E-state index contributed by atoms with van der Waals surface area (Å²) in [5.74, 6) is 0.619. The Morgan fingerprint density at radius 1 is 1.31 bits per heavy atom. The van der Waals surface area contributed by atoms with Crippen molar-refractivity contribution < 1.29 is 9.59 Å². The molecule has 3 aliphatic rings. The van der Waals surface area contributed by atoms with Gasteiger partial charge in [-0.05, 0) is 48.1 Å². The smallest absolute Gasteiger partial charge is 0.255 e. The molecule has 0 spiro atoms. The van der Waals surface area contributed by atoms with Gasteiger partial charge in [0.05, 0.1) is 0 Å². The fraction of sp³-hybridized carbons (Fsp3) is 0.381. The summed E-state index contributed by atoms with van der Waals surface area (Å²) in [6.45, 7) is 0.762. The molecular weight excluding hydrogens is 326 g/mol. The standard InChI is InChI=1S/C21H23N3O2/c1-23(2)20(25)16-8-4-7-15(11-16)18-13-24(12-14-5-3-6-14)21(26)19-17(18)9-10-22-19/h4,7-11,13-14,19H,3,5-6,12H2,1-2H3. The molecule has 1 aromatic carbocycles. The third-order valence-electron chi connectivity index (χ3n) is 5.40. The molecule has 26 heavy (non-hydrogen) atoms. The zero-order valence-electron chi connectivity index (χ0n) is 15.2. The van der Waals surface area contributed by atoms with E-state index in [-0.39, 0.29) is 11.8 Å². The number of rotatable bonds is 4. The highest BCUT2D eigenvalue weighted by molar-refractivity contribution is 6.04. The van der Waals surface area contributed by atoms with Crippen molar-refractivity contribution in [3.63, 3.8) is 0 Å². The van der Waals surface area contributed by atoms with Gasteiger partial charge in [0.1, 0.15) is 0 Å². The fourth-order valence-corrected chi connectivity index (χ4v) is 3.68. The normalized spacial score (nSPS) is 21.8. The Morgan fingerprint density at radius 2 is 2.12 bits per heavy atom. The monoisotopic (exact) mass is 349 g/mol. The van der Waals surface area contributed by atoms with Crippen molar-refractivity contribution in [3.05, 3.63) is 53.2 Å². The second-order valence-corrected chi connectivity index (χ2v) is 7.43. The van der Waals surface area contributed by atoms with Crippen molar-refractivity contribution in [3.8, 4) is 0 Å². The molecule has 1 unspecified atom stereocenters. The molecule has 1 aromatic rings. The summed E-state index contributed by atoms with van der Waals surface area (Å²) >= 11 is 0. The van der Waals surface area contributed by atoms with Gasteiger partial charge in [-0.2, -0.15) is 0 Å². The predicted molar refractivity (Wildman–Crippen MR) is 102 cm³/mol. The van der Waals surface area contributed by atoms with Gasteiger partial charge in [0.15, 0.2) is 6.04 Å². The van der Waals surface area contributed by atoms with E-state index in [9.17, 15) is 9.59 Å². The van der Waals surface area contributed by atoms with Crippen LogP contribution in [0.5, 0.6) is 0 Å². The Hall–Kier alpha value is -2.69. The SMILES string of the molecule is CN(C)C(=O)c1cccc(C2=CN(CC3CCC3)C(=O)C3N=CC=C23)c1. The van der Waals surface area contributed by atoms with E-state index in [1.807, 2.05) is 41.4 Å². The number of benzene rings is 1. The number of carbonyl (C=O) groups is 2. The Balaban J connectivity index is 1.71. The summed E-state index contributed by atoms with van der Waals surface area (Å²) in [6, 6.07) is 7.17. The second-order valence-electron chi connectivity index (χ2n) is 7.43. The molecule has 5 nitrogen and oxygen atoms in total. The summed E-state index contributed by atoms with van der Waals surface area (Å²) in [5.41, 5.74) is 3.51. The highest BCUT2D eigenvalue weighted by Gasteiger charge is 2.36. The summed E-state index contributed by atoms with van der Waals surface area (Å²) in [7, 11) is 3.49. The van der Waals surface area contributed by atoms with Crippen LogP contribution in [0.3, 0.4) is 0 Å². The number of hydrogen-bond acceptors (Lipinski definition) is 3. The molecule has 1 aliphatic carbocycles. The van der Waals surface area contributed by atoms with Crippen LogP contribution >= 0.6 is 0 Å². The number of allylic oxidation sites excluding steroid dienone is 1. The summed E-state index contributed by atoms with van der Waals surface area (Å²) < 4.78 is 0. The average molecular weight is 349 g/mol. The first kappa shape index (κ1) is 16.8. The Bertz CT molecular complexity index is 847. The van der Waals surface area contributed by atoms with Crippen LogP contribution in [0.25, 0.3) is 5.57 Å². The molecule has 0 N–H and O–H groups in total. The maximum atomic E-state index is 12.8. The van der Waals surface area contributed by atoms with Gasteiger partial charge in [-0.1, -0.05) is 18.6 Å². The minimum absolute atomic E-state index is 0.0288. The lowest BCUT2D eigenvalue weighted by Crippen LogP contribution is -2.42. The Kier molecular flexibility index (Phi) is 4.23. The third kappa shape index (κ3) is 2.87. The van der Waals surface area contributed by atoms with Crippen LogP contribution in [0.4, 0.5) is 0 Å². The van der Waals surface area contributed by atoms with Gasteiger partial charge in [-0.15, -0.1) is 0 Å². The minimum atomic E-state index is -0.441. The lowest BCUT2D eigenvalue weighted by atomic mass is 9.84. The molecule has 4 rings (SSSR count). The number of aliphatic imine (C=N–C) groups is 1. The van der Waals surface area contributed by atoms with E-state index in [0.29, 0.717) is 11.5 Å². The first-order valence-corrected chi connectivity index (χ1v) is 9.12. The highest BCUT2D eigenvalue weighted by Crippen LogP contribution is 2.36. The predicted octanol–water partition coefficient (Wildman–Crippen LogP) is 2.75. The van der Waals surface area contributed by atoms with Crippen molar-refractivity contribution in [2.75, 3.05) is 20.6 Å². The lowest BCUT2D eigenvalue weighted by molar-refractivity contribution is -0.130. The molecule has 2 amide bonds. The van der Waals surface area contributed by atoms with Crippen LogP contribution < -0.4 is 0 Å². The first-order chi connectivity index (χ1) is 12.5. The maximum absolute atomic E-state index is 12.8. The third-order valence-corrected chi connectivity index (χ3v) is 5.40. The van der Waals surface area contributed by atoms with E-state index in [1.165, 1.54) is 19.3 Å². The van der Waals surface area contributed by atoms with E-state index < -0.39 is 6.04 Å². The Morgan fingerprint density at radius 3 is 2.81 bits per heavy atom. The van der Waals surface area contributed by atoms with Gasteiger partial charge >= 0.3 is 0 Å². The van der Waals surface area contributed by atoms with Crippen LogP contribution in [0.15, 0.2) is 47.1 Å². The van der Waals surface area contributed by atoms with Gasteiger partial charge < -0.3 is 9.80 Å². The van der Waals surface area contributed by atoms with Crippen molar-refractivity contribution in [2.45, 2.75) is 25.3 Å². The fourth-order valence-electron chi connectivity index (χ4n) is 3.68. The first-order valence-electron chi connectivity index (χ1n) is 9.12. The van der Waals surface area contributed by atoms with E-state index in [1.54, 1.807) is 25.2 Å². The molecule has 2 aliphatic heterocycles. The number of amides is 2. The van der Waals surface area contributed by atoms with Gasteiger partial charge in [-0.3, -0.25) is 14.6 Å². The number of hydrogen-bond donors (Lipinski definition) is 0. The molecule has 2 heterocycles. The van der Waals surface area contributed by atoms with E-state index in [0.717, 1.165) is 23.3 Å². The molecule has 1 atom stereocenters. The van der Waals surface area contributed by atoms with Crippen LogP contribution in [-0.2, 0) is 4.79 Å². The number of nitrogens with zero attached hydrogens (tertiary/aromatic N) is 3. The van der Waals surface area contributed by atoms with Crippen molar-refractivity contribution in [2.24, 2.45) is 10.9 Å². The summed E-state index contributed by atoms with van der Waals surface area (Å²) in [6.07, 6.45) is 9.22. The summed E-state index contributed by atoms with van der Waals surface area (Å²) in [5, 5.41) is 0. The lowest BCUT2D eigenvalue weighted by Gasteiger charge is -2.35. The second kappa shape index (κ2) is 6.56. The van der Waals surface area contributed by atoms with Crippen LogP contribution in [-0.4, -0.2) is 54.5 Å². The number of fused-ring (bicyclic) bond motifs is 1. The van der Waals surface area contributed by atoms with Crippen LogP contribution in [0.1, 0.15) is 35.2 Å². The minimum Gasteiger partial charge on any atom is -0.345 e. The molecule has 1 fully saturated rings. The number of carbonyl (C=O) groups excluding carboxylic acids is 2. The van der Waals surface area contributed by atoms with Crippen molar-refractivity contribution in [1.82, 2.24) is 9.80 Å². The van der Waals surface area contributed by atoms with Gasteiger partial charge in [0, 0.05) is 44.2 Å². The average Bonchev–Trinajstić information content (AvgIpc) is 3.09. The van der Waals surface area contributed by atoms with Gasteiger partial charge in [0.2, 0.25) is 0 Å². The molecule has 134 valence electrons. The van der Waals surface area contributed by atoms with E-state index in [4.69, 9.17) is 0 Å². The molecular formula is C21H23N3O2. The largest absolute Gasteiger partial charge is 0.345 e. The van der Waals surface area contributed by atoms with Gasteiger partial charge in [0.25, 0.3) is 11.8 Å². The molecule has 5 heteroatoms. The van der Waals surface area contributed by atoms with Gasteiger partial charge in [-0.25, -0.2) is 0 Å². The molecule has 0 saturated heterocycles. The summed E-state index contributed by atoms with van der Waals surface area (Å²) in [4.78, 5) is 32.9. The highest BCUT2D eigenvalue weighted by atomic mass is 16.2. The Labute approximate surface area is 153 Å². The van der Waals surface area contributed by atoms with Crippen LogP contribution in [0, 0.1) is 5.92 Å². The van der Waals surface area contributed by atoms with E-state index in [2.05, 4.69) is 4.99 Å². The molecule has 0 radical (unpaired) electrons. The van der Waals surface area contributed by atoms with Crippen molar-refractivity contribution in [1.29, 1.82) is 0 Å². The van der Waals surface area contributed by atoms with Crippen molar-refractivity contribution >= 4 is 23.6 Å². The quantitative estimate of drug-likeness (QED) is 0.839.